The Hall–Kier alpha value is -2.29. The number of anilines is 1. The van der Waals surface area contributed by atoms with E-state index in [-0.39, 0.29) is 19.1 Å². The van der Waals surface area contributed by atoms with Crippen LogP contribution in [0.4, 0.5) is 5.82 Å². The van der Waals surface area contributed by atoms with Crippen LogP contribution in [0.1, 0.15) is 42.7 Å². The fraction of sp³-hybridized carbons (Fsp3) is 0.500. The van der Waals surface area contributed by atoms with E-state index in [4.69, 9.17) is 16.3 Å². The Kier molecular flexibility index (Phi) is 7.00. The highest BCUT2D eigenvalue weighted by atomic mass is 35.5. The number of aliphatic hydroxyl groups excluding tert-OH is 2. The predicted octanol–water partition coefficient (Wildman–Crippen LogP) is 2.31. The Morgan fingerprint density at radius 3 is 2.52 bits per heavy atom. The lowest BCUT2D eigenvalue weighted by Gasteiger charge is -2.40. The lowest BCUT2D eigenvalue weighted by Crippen LogP contribution is -2.56. The number of carbonyl (C=O) groups excluding carboxylic acids is 1. The summed E-state index contributed by atoms with van der Waals surface area (Å²) in [6.07, 6.45) is 0.0173. The first-order chi connectivity index (χ1) is 14.0. The number of amides is 1. The number of hydrogen-bond donors (Lipinski definition) is 2. The number of imidazole rings is 1. The summed E-state index contributed by atoms with van der Waals surface area (Å²) in [5.41, 5.74) is 1.32. The molecule has 0 spiro atoms. The van der Waals surface area contributed by atoms with Gasteiger partial charge in [0.2, 0.25) is 6.35 Å². The van der Waals surface area contributed by atoms with Crippen LogP contribution in [0.2, 0.25) is 5.02 Å². The smallest absolute Gasteiger partial charge is 0.299 e. The molecule has 2 N–H and O–H groups in total. The molecule has 0 aliphatic carbocycles. The summed E-state index contributed by atoms with van der Waals surface area (Å²) in [6.45, 7) is 5.33. The summed E-state index contributed by atoms with van der Waals surface area (Å²) >= 11 is 5.99. The van der Waals surface area contributed by atoms with Crippen LogP contribution in [0.3, 0.4) is 0 Å². The molecule has 0 bridgehead atoms. The molecule has 1 aliphatic rings. The molecular weight excluding hydrogens is 396 g/mol. The van der Waals surface area contributed by atoms with E-state index in [2.05, 4.69) is 4.98 Å². The van der Waals surface area contributed by atoms with E-state index < -0.39 is 6.35 Å². The van der Waals surface area contributed by atoms with E-state index in [9.17, 15) is 15.0 Å². The van der Waals surface area contributed by atoms with Crippen molar-refractivity contribution in [3.8, 4) is 6.01 Å². The van der Waals surface area contributed by atoms with Gasteiger partial charge in [-0.3, -0.25) is 14.3 Å². The first-order valence-corrected chi connectivity index (χ1v) is 10.2. The highest BCUT2D eigenvalue weighted by Crippen LogP contribution is 2.34. The van der Waals surface area contributed by atoms with Crippen molar-refractivity contribution in [2.45, 2.75) is 39.6 Å². The van der Waals surface area contributed by atoms with Gasteiger partial charge < -0.3 is 19.8 Å². The predicted molar refractivity (Wildman–Crippen MR) is 110 cm³/mol. The molecule has 1 aromatic heterocycles. The van der Waals surface area contributed by atoms with Crippen LogP contribution < -0.4 is 9.64 Å². The van der Waals surface area contributed by atoms with Gasteiger partial charge in [0.25, 0.3) is 11.9 Å². The molecule has 0 saturated carbocycles. The third-order valence-corrected chi connectivity index (χ3v) is 5.01. The normalized spacial score (nSPS) is 16.3. The van der Waals surface area contributed by atoms with Gasteiger partial charge in [0, 0.05) is 24.7 Å². The molecule has 8 nitrogen and oxygen atoms in total. The molecule has 29 heavy (non-hydrogen) atoms. The molecule has 0 radical (unpaired) electrons. The van der Waals surface area contributed by atoms with Crippen molar-refractivity contribution in [3.05, 3.63) is 40.5 Å². The number of halogens is 1. The number of hydrogen-bond acceptors (Lipinski definition) is 6. The van der Waals surface area contributed by atoms with Crippen molar-refractivity contribution in [3.63, 3.8) is 0 Å². The third-order valence-electron chi connectivity index (χ3n) is 4.76. The second-order valence-corrected chi connectivity index (χ2v) is 7.26. The Labute approximate surface area is 175 Å². The maximum Gasteiger partial charge on any atom is 0.299 e. The average Bonchev–Trinajstić information content (AvgIpc) is 3.05. The minimum atomic E-state index is -1.13. The molecule has 2 heterocycles. The van der Waals surface area contributed by atoms with Gasteiger partial charge in [-0.2, -0.15) is 4.98 Å². The third kappa shape index (κ3) is 4.34. The quantitative estimate of drug-likeness (QED) is 0.644. The zero-order valence-corrected chi connectivity index (χ0v) is 17.5. The fourth-order valence-corrected chi connectivity index (χ4v) is 3.55. The van der Waals surface area contributed by atoms with E-state index in [1.54, 1.807) is 21.6 Å². The molecule has 1 aliphatic heterocycles. The average molecular weight is 423 g/mol. The van der Waals surface area contributed by atoms with Gasteiger partial charge in [-0.05, 0) is 37.5 Å². The Bertz CT molecular complexity index is 840. The maximum absolute atomic E-state index is 13.3. The molecule has 0 saturated heterocycles. The van der Waals surface area contributed by atoms with Gasteiger partial charge in [-0.25, -0.2) is 0 Å². The van der Waals surface area contributed by atoms with E-state index >= 15 is 0 Å². The van der Waals surface area contributed by atoms with Gasteiger partial charge in [0.15, 0.2) is 11.5 Å². The number of nitrogens with zero attached hydrogens (tertiary/aromatic N) is 4. The number of aromatic nitrogens is 2. The molecule has 1 unspecified atom stereocenters. The molecule has 2 aromatic rings. The monoisotopic (exact) mass is 422 g/mol. The summed E-state index contributed by atoms with van der Waals surface area (Å²) in [6, 6.07) is 7.70. The summed E-state index contributed by atoms with van der Waals surface area (Å²) < 4.78 is 7.46. The van der Waals surface area contributed by atoms with Gasteiger partial charge in [0.1, 0.15) is 0 Å². The van der Waals surface area contributed by atoms with Crippen molar-refractivity contribution in [1.82, 2.24) is 14.5 Å². The number of aliphatic hydroxyl groups is 2. The molecule has 1 amide bonds. The first kappa shape index (κ1) is 21.4. The summed E-state index contributed by atoms with van der Waals surface area (Å²) in [5, 5.41) is 20.6. The molecule has 3 rings (SSSR count). The van der Waals surface area contributed by atoms with Crippen LogP contribution >= 0.6 is 11.6 Å². The van der Waals surface area contributed by atoms with Gasteiger partial charge in [-0.15, -0.1) is 0 Å². The van der Waals surface area contributed by atoms with E-state index in [0.717, 1.165) is 12.0 Å². The van der Waals surface area contributed by atoms with E-state index in [1.165, 1.54) is 4.90 Å². The Balaban J connectivity index is 2.08. The number of ether oxygens (including phenoxy) is 1. The SMILES string of the molecule is CCCN1c2nc(OCC)n(Cc3ccc(Cl)cc3)c2C(=O)N(CCCO)C1O. The van der Waals surface area contributed by atoms with Crippen LogP contribution in [0.5, 0.6) is 6.01 Å². The van der Waals surface area contributed by atoms with Crippen molar-refractivity contribution in [2.24, 2.45) is 0 Å². The topological polar surface area (TPSA) is 91.1 Å². The van der Waals surface area contributed by atoms with Crippen LogP contribution in [0, 0.1) is 0 Å². The number of carbonyl (C=O) groups is 1. The molecular formula is C20H27ClN4O4. The van der Waals surface area contributed by atoms with Crippen LogP contribution in [-0.4, -0.2) is 63.2 Å². The second-order valence-electron chi connectivity index (χ2n) is 6.83. The molecule has 9 heteroatoms. The van der Waals surface area contributed by atoms with Gasteiger partial charge in [-0.1, -0.05) is 30.7 Å². The van der Waals surface area contributed by atoms with E-state index in [1.807, 2.05) is 26.0 Å². The Morgan fingerprint density at radius 2 is 1.90 bits per heavy atom. The molecule has 158 valence electrons. The fourth-order valence-electron chi connectivity index (χ4n) is 3.43. The highest BCUT2D eigenvalue weighted by molar-refractivity contribution is 6.30. The lowest BCUT2D eigenvalue weighted by atomic mass is 10.2. The van der Waals surface area contributed by atoms with Gasteiger partial charge >= 0.3 is 0 Å². The van der Waals surface area contributed by atoms with Crippen molar-refractivity contribution in [1.29, 1.82) is 0 Å². The van der Waals surface area contributed by atoms with Crippen molar-refractivity contribution < 1.29 is 19.7 Å². The van der Waals surface area contributed by atoms with Crippen molar-refractivity contribution >= 4 is 23.3 Å². The second kappa shape index (κ2) is 9.47. The minimum absolute atomic E-state index is 0.0641. The largest absolute Gasteiger partial charge is 0.465 e. The maximum atomic E-state index is 13.3. The Morgan fingerprint density at radius 1 is 1.17 bits per heavy atom. The van der Waals surface area contributed by atoms with Crippen LogP contribution in [0.15, 0.2) is 24.3 Å². The summed E-state index contributed by atoms with van der Waals surface area (Å²) in [4.78, 5) is 20.9. The summed E-state index contributed by atoms with van der Waals surface area (Å²) in [7, 11) is 0. The molecule has 1 atom stereocenters. The van der Waals surface area contributed by atoms with Crippen LogP contribution in [-0.2, 0) is 6.54 Å². The minimum Gasteiger partial charge on any atom is -0.465 e. The zero-order valence-electron chi connectivity index (χ0n) is 16.7. The van der Waals surface area contributed by atoms with Crippen molar-refractivity contribution in [2.75, 3.05) is 31.2 Å². The standard InChI is InChI=1S/C20H27ClN4O4/c1-3-10-23-17-16(18(27)24(20(23)28)11-5-12-26)25(19(22-17)29-4-2)13-14-6-8-15(21)9-7-14/h6-9,20,26,28H,3-5,10-13H2,1-2H3. The van der Waals surface area contributed by atoms with E-state index in [0.29, 0.717) is 48.7 Å². The molecule has 1 aromatic carbocycles. The van der Waals surface area contributed by atoms with Gasteiger partial charge in [0.05, 0.1) is 13.2 Å². The number of rotatable bonds is 9. The van der Waals surface area contributed by atoms with Crippen LogP contribution in [0.25, 0.3) is 0 Å². The first-order valence-electron chi connectivity index (χ1n) is 9.86. The molecule has 0 fully saturated rings. The summed E-state index contributed by atoms with van der Waals surface area (Å²) in [5.74, 6) is 0.0859. The highest BCUT2D eigenvalue weighted by Gasteiger charge is 2.41. The number of fused-ring (bicyclic) bond motifs is 1. The lowest BCUT2D eigenvalue weighted by molar-refractivity contribution is -0.00160. The zero-order chi connectivity index (χ0) is 21.0. The number of benzene rings is 1.